The number of alkyl halides is 5. The Balaban J connectivity index is 1.28. The largest absolute Gasteiger partial charge is 0.447 e. The zero-order valence-corrected chi connectivity index (χ0v) is 30.8. The second-order valence-electron chi connectivity index (χ2n) is 15.1. The maximum absolute atomic E-state index is 15.1. The van der Waals surface area contributed by atoms with E-state index in [1.807, 2.05) is 28.3 Å². The van der Waals surface area contributed by atoms with Crippen molar-refractivity contribution in [3.05, 3.63) is 83.2 Å². The van der Waals surface area contributed by atoms with Gasteiger partial charge in [0.15, 0.2) is 11.8 Å². The minimum Gasteiger partial charge on any atom is -0.447 e. The van der Waals surface area contributed by atoms with Gasteiger partial charge in [-0.2, -0.15) is 28.6 Å². The van der Waals surface area contributed by atoms with Crippen LogP contribution in [0.3, 0.4) is 0 Å². The van der Waals surface area contributed by atoms with Crippen molar-refractivity contribution in [2.45, 2.75) is 88.1 Å². The molecule has 3 N–H and O–H groups in total. The van der Waals surface area contributed by atoms with Gasteiger partial charge in [0.25, 0.3) is 12.3 Å². The third-order valence-electron chi connectivity index (χ3n) is 10.4. The number of guanidine groups is 1. The average molecular weight is 799 g/mol. The van der Waals surface area contributed by atoms with E-state index in [0.29, 0.717) is 11.6 Å². The normalized spacial score (nSPS) is 19.8. The first-order valence-electron chi connectivity index (χ1n) is 17.7. The third kappa shape index (κ3) is 7.27. The van der Waals surface area contributed by atoms with Gasteiger partial charge in [0, 0.05) is 18.2 Å². The summed E-state index contributed by atoms with van der Waals surface area (Å²) in [7, 11) is 0. The lowest BCUT2D eigenvalue weighted by Crippen LogP contribution is -2.49. The molecule has 1 aliphatic heterocycles. The molecule has 2 amide bonds. The van der Waals surface area contributed by atoms with Crippen LogP contribution in [0.2, 0.25) is 5.02 Å². The van der Waals surface area contributed by atoms with Crippen molar-refractivity contribution in [1.82, 2.24) is 40.1 Å². The van der Waals surface area contributed by atoms with Crippen LogP contribution in [0.5, 0.6) is 0 Å². The summed E-state index contributed by atoms with van der Waals surface area (Å²) < 4.78 is 76.9. The van der Waals surface area contributed by atoms with Gasteiger partial charge in [-0.25, -0.2) is 23.2 Å². The number of halogens is 6. The lowest BCUT2D eigenvalue weighted by molar-refractivity contribution is -0.164. The first kappa shape index (κ1) is 38.7. The fourth-order valence-corrected chi connectivity index (χ4v) is 7.30. The van der Waals surface area contributed by atoms with E-state index in [1.54, 1.807) is 32.2 Å². The van der Waals surface area contributed by atoms with Gasteiger partial charge >= 0.3 is 12.3 Å². The summed E-state index contributed by atoms with van der Waals surface area (Å²) in [5.41, 5.74) is -2.77. The number of nitrogens with zero attached hydrogens (tertiary/aromatic N) is 7. The number of nitriles is 1. The topological polar surface area (TPSA) is 167 Å². The summed E-state index contributed by atoms with van der Waals surface area (Å²) in [5.74, 6) is -1.89. The minimum atomic E-state index is -4.74. The highest BCUT2D eigenvalue weighted by Gasteiger charge is 2.65. The monoisotopic (exact) mass is 798 g/mol. The first-order valence-corrected chi connectivity index (χ1v) is 18.1. The molecule has 13 nitrogen and oxygen atoms in total. The van der Waals surface area contributed by atoms with Crippen molar-refractivity contribution in [2.24, 2.45) is 5.41 Å². The van der Waals surface area contributed by atoms with Crippen LogP contribution < -0.4 is 10.6 Å². The number of ether oxygens (including phenoxy) is 1. The van der Waals surface area contributed by atoms with Gasteiger partial charge in [0.05, 0.1) is 35.1 Å². The molecule has 2 atom stereocenters. The van der Waals surface area contributed by atoms with Gasteiger partial charge in [-0.3, -0.25) is 19.8 Å². The zero-order valence-electron chi connectivity index (χ0n) is 30.1. The van der Waals surface area contributed by atoms with Crippen LogP contribution in [0.1, 0.15) is 87.8 Å². The molecule has 4 aromatic rings. The Bertz CT molecular complexity index is 2210. The highest BCUT2D eigenvalue weighted by molar-refractivity contribution is 6.32. The Morgan fingerprint density at radius 2 is 1.86 bits per heavy atom. The maximum Gasteiger partial charge on any atom is 0.411 e. The molecule has 2 aromatic carbocycles. The summed E-state index contributed by atoms with van der Waals surface area (Å²) in [6, 6.07) is 12.2. The van der Waals surface area contributed by atoms with E-state index in [2.05, 4.69) is 26.6 Å². The average Bonchev–Trinajstić information content (AvgIpc) is 4.01. The van der Waals surface area contributed by atoms with E-state index in [9.17, 15) is 32.0 Å². The summed E-state index contributed by atoms with van der Waals surface area (Å²) >= 11 is 6.44. The van der Waals surface area contributed by atoms with Gasteiger partial charge in [-0.1, -0.05) is 55.8 Å². The summed E-state index contributed by atoms with van der Waals surface area (Å²) in [5, 5.41) is 32.1. The Morgan fingerprint density at radius 1 is 1.14 bits per heavy atom. The molecule has 3 aliphatic rings. The molecule has 0 unspecified atom stereocenters. The van der Waals surface area contributed by atoms with Gasteiger partial charge in [0.1, 0.15) is 24.0 Å². The van der Waals surface area contributed by atoms with Crippen LogP contribution in [0.4, 0.5) is 26.7 Å². The third-order valence-corrected chi connectivity index (χ3v) is 10.7. The molecule has 19 heteroatoms. The van der Waals surface area contributed by atoms with Crippen molar-refractivity contribution in [3.8, 4) is 22.9 Å². The fraction of sp³-hybridized carbons (Fsp3) is 0.432. The van der Waals surface area contributed by atoms with Crippen molar-refractivity contribution in [2.75, 3.05) is 6.61 Å². The predicted molar refractivity (Wildman–Crippen MR) is 191 cm³/mol. The van der Waals surface area contributed by atoms with E-state index in [0.717, 1.165) is 39.9 Å². The number of benzene rings is 2. The molecule has 2 aliphatic carbocycles. The van der Waals surface area contributed by atoms with Gasteiger partial charge in [-0.05, 0) is 66.3 Å². The molecule has 0 bridgehead atoms. The van der Waals surface area contributed by atoms with Crippen LogP contribution in [0.15, 0.2) is 61.2 Å². The quantitative estimate of drug-likeness (QED) is 0.117. The molecular weight excluding hydrogens is 763 g/mol. The van der Waals surface area contributed by atoms with Gasteiger partial charge < -0.3 is 15.4 Å². The molecule has 56 heavy (non-hydrogen) atoms. The number of aromatic nitrogens is 5. The van der Waals surface area contributed by atoms with Crippen LogP contribution in [0.25, 0.3) is 16.8 Å². The molecule has 0 spiro atoms. The number of carbonyl (C=O) groups excluding carboxylic acids is 2. The Labute approximate surface area is 322 Å². The van der Waals surface area contributed by atoms with E-state index in [-0.39, 0.29) is 42.0 Å². The molecular formula is C37H36ClF5N10O3. The molecule has 3 fully saturated rings. The first-order chi connectivity index (χ1) is 26.5. The molecule has 3 heterocycles. The minimum absolute atomic E-state index is 0.00890. The van der Waals surface area contributed by atoms with Crippen LogP contribution >= 0.6 is 11.6 Å². The predicted octanol–water partition coefficient (Wildman–Crippen LogP) is 7.51. The molecule has 2 saturated carbocycles. The van der Waals surface area contributed by atoms with Crippen molar-refractivity contribution in [3.63, 3.8) is 0 Å². The molecule has 1 saturated heterocycles. The highest BCUT2D eigenvalue weighted by atomic mass is 35.5. The van der Waals surface area contributed by atoms with Gasteiger partial charge in [-0.15, -0.1) is 0 Å². The molecule has 2 aromatic heterocycles. The van der Waals surface area contributed by atoms with Crippen LogP contribution in [-0.2, 0) is 15.1 Å². The van der Waals surface area contributed by atoms with E-state index >= 15 is 4.79 Å². The Kier molecular flexibility index (Phi) is 9.80. The van der Waals surface area contributed by atoms with Crippen molar-refractivity contribution >= 4 is 29.6 Å². The number of alkyl carbamates (subject to hydrolysis) is 1. The number of carbonyl (C=O) groups is 2. The van der Waals surface area contributed by atoms with E-state index < -0.39 is 65.5 Å². The van der Waals surface area contributed by atoms with E-state index in [4.69, 9.17) is 21.7 Å². The lowest BCUT2D eigenvalue weighted by atomic mass is 9.73. The van der Waals surface area contributed by atoms with Crippen LogP contribution in [-0.4, -0.2) is 65.7 Å². The van der Waals surface area contributed by atoms with Crippen molar-refractivity contribution in [1.29, 1.82) is 10.7 Å². The summed E-state index contributed by atoms with van der Waals surface area (Å²) in [6.07, 6.45) is -3.16. The van der Waals surface area contributed by atoms with Crippen LogP contribution in [0, 0.1) is 22.2 Å². The number of rotatable bonds is 13. The second-order valence-corrected chi connectivity index (χ2v) is 15.5. The van der Waals surface area contributed by atoms with E-state index in [1.165, 1.54) is 18.2 Å². The number of amides is 2. The lowest BCUT2D eigenvalue weighted by Gasteiger charge is -2.36. The van der Waals surface area contributed by atoms with Gasteiger partial charge in [0.2, 0.25) is 0 Å². The standard InChI is InChI=1S/C37H36ClF5N10O3/c1-34(2,13-14-44)19-36(24-6-3-21(4-7-24)23-16-47-51(17-23)25-8-9-25)31(54)52(32(45)49-36)28(18-56-33(55)50-35(11-12-35)37(41,42)43)22-5-10-26(38)27(15-22)53-30(29(39)40)46-20-48-53/h3-7,10,15-17,20,25,28-29H,8-9,11-13,18-19H2,1-2H3,(H2,45,49)(H,50,55)/t28-,36-/m1/s1. The highest BCUT2D eigenvalue weighted by Crippen LogP contribution is 2.49. The SMILES string of the molecule is CC(C)(CC#N)C[C@]1(c2ccc(-c3cnn(C4CC4)c3)cc2)NC(=N)N([C@H](COC(=O)NC2(C(F)(F)F)CC2)c2ccc(Cl)c(-n3ncnc3C(F)F)c2)C1=O. The second kappa shape index (κ2) is 14.2. The molecule has 0 radical (unpaired) electrons. The molecule has 294 valence electrons. The summed E-state index contributed by atoms with van der Waals surface area (Å²) in [4.78, 5) is 32.6. The Morgan fingerprint density at radius 3 is 2.48 bits per heavy atom. The zero-order chi connectivity index (χ0) is 40.2. The Hall–Kier alpha value is -5.57. The fourth-order valence-electron chi connectivity index (χ4n) is 7.10. The number of hydrogen-bond donors (Lipinski definition) is 3. The number of nitrogens with one attached hydrogen (secondary N) is 3. The smallest absolute Gasteiger partial charge is 0.411 e. The maximum atomic E-state index is 15.1. The number of hydrogen-bond acceptors (Lipinski definition) is 8. The van der Waals surface area contributed by atoms with Crippen molar-refractivity contribution < 1.29 is 36.3 Å². The molecule has 7 rings (SSSR count). The summed E-state index contributed by atoms with van der Waals surface area (Å²) in [6.45, 7) is 2.82.